The summed E-state index contributed by atoms with van der Waals surface area (Å²) in [5.41, 5.74) is 2.27. The minimum atomic E-state index is 0.132. The molecule has 1 aliphatic heterocycles. The lowest BCUT2D eigenvalue weighted by Crippen LogP contribution is -2.44. The topological polar surface area (TPSA) is 58.1 Å². The Morgan fingerprint density at radius 1 is 0.966 bits per heavy atom. The van der Waals surface area contributed by atoms with E-state index < -0.39 is 0 Å². The number of carbonyl (C=O) groups is 1. The zero-order valence-electron chi connectivity index (χ0n) is 17.4. The first kappa shape index (κ1) is 19.9. The number of hydrogen-bond acceptors (Lipinski definition) is 4. The molecule has 0 spiro atoms. The normalized spacial score (nSPS) is 19.0. The van der Waals surface area contributed by atoms with Crippen LogP contribution < -0.4 is 10.2 Å². The van der Waals surface area contributed by atoms with Gasteiger partial charge in [-0.05, 0) is 38.7 Å². The van der Waals surface area contributed by atoms with Crippen LogP contribution in [0.25, 0.3) is 11.4 Å². The van der Waals surface area contributed by atoms with E-state index in [1.54, 1.807) is 0 Å². The molecular weight excluding hydrogens is 360 g/mol. The lowest BCUT2D eigenvalue weighted by atomic mass is 9.95. The highest BCUT2D eigenvalue weighted by Gasteiger charge is 2.27. The summed E-state index contributed by atoms with van der Waals surface area (Å²) in [6.45, 7) is 3.82. The average Bonchev–Trinajstić information content (AvgIpc) is 3.03. The zero-order valence-corrected chi connectivity index (χ0v) is 17.4. The maximum atomic E-state index is 12.7. The smallest absolute Gasteiger partial charge is 0.223 e. The molecule has 5 heteroatoms. The molecule has 29 heavy (non-hydrogen) atoms. The number of anilines is 1. The standard InChI is InChI=1S/C24H32N4O/c1-18-8-10-19(11-9-18)23-25-15-12-22(27-23)28-16-13-20(14-17-28)24(29)26-21-6-4-2-3-5-7-21/h8-12,15,20-21H,2-7,13-14,16-17H2,1H3,(H,26,29). The highest BCUT2D eigenvalue weighted by atomic mass is 16.1. The minimum Gasteiger partial charge on any atom is -0.356 e. The highest BCUT2D eigenvalue weighted by molar-refractivity contribution is 5.79. The molecule has 0 bridgehead atoms. The van der Waals surface area contributed by atoms with Crippen LogP contribution in [-0.2, 0) is 4.79 Å². The van der Waals surface area contributed by atoms with Gasteiger partial charge in [0.15, 0.2) is 5.82 Å². The van der Waals surface area contributed by atoms with E-state index in [4.69, 9.17) is 4.98 Å². The van der Waals surface area contributed by atoms with Crippen molar-refractivity contribution in [2.24, 2.45) is 5.92 Å². The number of aryl methyl sites for hydroxylation is 1. The molecule has 1 aromatic heterocycles. The van der Waals surface area contributed by atoms with E-state index in [9.17, 15) is 4.79 Å². The molecule has 1 saturated carbocycles. The van der Waals surface area contributed by atoms with E-state index in [1.807, 2.05) is 12.3 Å². The van der Waals surface area contributed by atoms with Crippen LogP contribution in [-0.4, -0.2) is 35.0 Å². The molecule has 1 aliphatic carbocycles. The van der Waals surface area contributed by atoms with E-state index in [0.717, 1.165) is 56.0 Å². The maximum Gasteiger partial charge on any atom is 0.223 e. The van der Waals surface area contributed by atoms with E-state index in [0.29, 0.717) is 6.04 Å². The molecule has 0 radical (unpaired) electrons. The van der Waals surface area contributed by atoms with Gasteiger partial charge in [-0.25, -0.2) is 9.97 Å². The van der Waals surface area contributed by atoms with Gasteiger partial charge in [0.25, 0.3) is 0 Å². The van der Waals surface area contributed by atoms with Crippen molar-refractivity contribution in [2.75, 3.05) is 18.0 Å². The molecule has 4 rings (SSSR count). The average molecular weight is 393 g/mol. The molecule has 2 heterocycles. The number of benzene rings is 1. The molecule has 2 aliphatic rings. The van der Waals surface area contributed by atoms with Gasteiger partial charge >= 0.3 is 0 Å². The Balaban J connectivity index is 1.34. The first-order valence-corrected chi connectivity index (χ1v) is 11.1. The summed E-state index contributed by atoms with van der Waals surface area (Å²) in [5, 5.41) is 3.34. The molecular formula is C24H32N4O. The van der Waals surface area contributed by atoms with Crippen molar-refractivity contribution in [2.45, 2.75) is 64.3 Å². The van der Waals surface area contributed by atoms with Crippen LogP contribution in [0.3, 0.4) is 0 Å². The molecule has 1 saturated heterocycles. The summed E-state index contributed by atoms with van der Waals surface area (Å²) in [6, 6.07) is 10.7. The van der Waals surface area contributed by atoms with Gasteiger partial charge in [-0.15, -0.1) is 0 Å². The first-order valence-electron chi connectivity index (χ1n) is 11.1. The van der Waals surface area contributed by atoms with Crippen molar-refractivity contribution < 1.29 is 4.79 Å². The third kappa shape index (κ3) is 5.14. The van der Waals surface area contributed by atoms with Crippen LogP contribution in [0, 0.1) is 12.8 Å². The van der Waals surface area contributed by atoms with Gasteiger partial charge in [0.1, 0.15) is 5.82 Å². The highest BCUT2D eigenvalue weighted by Crippen LogP contribution is 2.25. The molecule has 1 amide bonds. The Hall–Kier alpha value is -2.43. The number of nitrogens with zero attached hydrogens (tertiary/aromatic N) is 3. The minimum absolute atomic E-state index is 0.132. The van der Waals surface area contributed by atoms with Crippen molar-refractivity contribution >= 4 is 11.7 Å². The summed E-state index contributed by atoms with van der Waals surface area (Å²) < 4.78 is 0. The number of rotatable bonds is 4. The largest absolute Gasteiger partial charge is 0.356 e. The number of piperidine rings is 1. The van der Waals surface area contributed by atoms with Gasteiger partial charge in [0.05, 0.1) is 0 Å². The molecule has 154 valence electrons. The fourth-order valence-electron chi connectivity index (χ4n) is 4.48. The van der Waals surface area contributed by atoms with Gasteiger partial charge in [-0.2, -0.15) is 0 Å². The predicted octanol–water partition coefficient (Wildman–Crippen LogP) is 4.51. The monoisotopic (exact) mass is 392 g/mol. The molecule has 1 N–H and O–H groups in total. The first-order chi connectivity index (χ1) is 14.2. The van der Waals surface area contributed by atoms with Gasteiger partial charge in [-0.1, -0.05) is 55.5 Å². The van der Waals surface area contributed by atoms with Crippen LogP contribution in [0.4, 0.5) is 5.82 Å². The Kier molecular flexibility index (Phi) is 6.43. The summed E-state index contributed by atoms with van der Waals surface area (Å²) in [6.07, 6.45) is 11.0. The summed E-state index contributed by atoms with van der Waals surface area (Å²) in [7, 11) is 0. The zero-order chi connectivity index (χ0) is 20.1. The third-order valence-corrected chi connectivity index (χ3v) is 6.34. The maximum absolute atomic E-state index is 12.7. The van der Waals surface area contributed by atoms with E-state index in [-0.39, 0.29) is 11.8 Å². The van der Waals surface area contributed by atoms with Crippen LogP contribution in [0.2, 0.25) is 0 Å². The molecule has 2 fully saturated rings. The van der Waals surface area contributed by atoms with E-state index >= 15 is 0 Å². The quantitative estimate of drug-likeness (QED) is 0.778. The van der Waals surface area contributed by atoms with Crippen molar-refractivity contribution in [1.29, 1.82) is 0 Å². The van der Waals surface area contributed by atoms with Crippen LogP contribution >= 0.6 is 0 Å². The van der Waals surface area contributed by atoms with Crippen molar-refractivity contribution in [3.63, 3.8) is 0 Å². The van der Waals surface area contributed by atoms with Crippen molar-refractivity contribution in [1.82, 2.24) is 15.3 Å². The number of amides is 1. The summed E-state index contributed by atoms with van der Waals surface area (Å²) >= 11 is 0. The Labute approximate surface area is 173 Å². The molecule has 0 atom stereocenters. The summed E-state index contributed by atoms with van der Waals surface area (Å²) in [4.78, 5) is 24.3. The van der Waals surface area contributed by atoms with E-state index in [2.05, 4.69) is 46.4 Å². The number of hydrogen-bond donors (Lipinski definition) is 1. The fraction of sp³-hybridized carbons (Fsp3) is 0.542. The Bertz CT molecular complexity index is 804. The van der Waals surface area contributed by atoms with Crippen molar-refractivity contribution in [3.8, 4) is 11.4 Å². The lowest BCUT2D eigenvalue weighted by molar-refractivity contribution is -0.126. The third-order valence-electron chi connectivity index (χ3n) is 6.34. The summed E-state index contributed by atoms with van der Waals surface area (Å²) in [5.74, 6) is 2.11. The van der Waals surface area contributed by atoms with Crippen molar-refractivity contribution in [3.05, 3.63) is 42.1 Å². The SMILES string of the molecule is Cc1ccc(-c2nccc(N3CCC(C(=O)NC4CCCCCC4)CC3)n2)cc1. The van der Waals surface area contributed by atoms with Gasteiger partial charge < -0.3 is 10.2 Å². The lowest BCUT2D eigenvalue weighted by Gasteiger charge is -2.33. The van der Waals surface area contributed by atoms with E-state index in [1.165, 1.54) is 31.2 Å². The number of aromatic nitrogens is 2. The van der Waals surface area contributed by atoms with Gasteiger partial charge in [0, 0.05) is 36.8 Å². The Morgan fingerprint density at radius 2 is 1.66 bits per heavy atom. The molecule has 1 aromatic carbocycles. The predicted molar refractivity (Wildman–Crippen MR) is 117 cm³/mol. The molecule has 5 nitrogen and oxygen atoms in total. The molecule has 0 unspecified atom stereocenters. The van der Waals surface area contributed by atoms with Gasteiger partial charge in [0.2, 0.25) is 5.91 Å². The van der Waals surface area contributed by atoms with Crippen LogP contribution in [0.5, 0.6) is 0 Å². The fourth-order valence-corrected chi connectivity index (χ4v) is 4.48. The molecule has 2 aromatic rings. The van der Waals surface area contributed by atoms with Crippen LogP contribution in [0.15, 0.2) is 36.5 Å². The van der Waals surface area contributed by atoms with Crippen LogP contribution in [0.1, 0.15) is 56.9 Å². The number of carbonyl (C=O) groups excluding carboxylic acids is 1. The Morgan fingerprint density at radius 3 is 2.34 bits per heavy atom. The second-order valence-electron chi connectivity index (χ2n) is 8.56. The number of nitrogens with one attached hydrogen (secondary N) is 1. The second kappa shape index (κ2) is 9.38. The van der Waals surface area contributed by atoms with Gasteiger partial charge in [-0.3, -0.25) is 4.79 Å². The second-order valence-corrected chi connectivity index (χ2v) is 8.56.